The second kappa shape index (κ2) is 4.92. The van der Waals surface area contributed by atoms with Gasteiger partial charge in [0.2, 0.25) is 0 Å². The maximum atomic E-state index is 1.50. The van der Waals surface area contributed by atoms with Crippen molar-refractivity contribution in [1.29, 1.82) is 0 Å². The fourth-order valence-corrected chi connectivity index (χ4v) is 0.250. The predicted molar refractivity (Wildman–Crippen MR) is 28.5 cm³/mol. The monoisotopic (exact) mass is 90.1 g/mol. The van der Waals surface area contributed by atoms with Crippen LogP contribution in [0.3, 0.4) is 0 Å². The molecule has 0 aromatic rings. The fraction of sp³-hybridized carbons (Fsp3) is 1.00. The molecule has 0 radical (unpaired) electrons. The van der Waals surface area contributed by atoms with Gasteiger partial charge in [-0.2, -0.15) is 0 Å². The van der Waals surface area contributed by atoms with Gasteiger partial charge in [-0.1, -0.05) is 25.7 Å². The molecule has 0 aliphatic heterocycles. The Morgan fingerprint density at radius 1 is 0.500 bits per heavy atom. The lowest BCUT2D eigenvalue weighted by Gasteiger charge is -2.05. The van der Waals surface area contributed by atoms with Crippen molar-refractivity contribution < 1.29 is 0 Å². The molecule has 0 heterocycles. The lowest BCUT2D eigenvalue weighted by molar-refractivity contribution is 0.504. The summed E-state index contributed by atoms with van der Waals surface area (Å²) < 4.78 is 0. The summed E-state index contributed by atoms with van der Waals surface area (Å²) in [5.41, 5.74) is 0. The molecule has 0 aromatic carbocycles. The lowest BCUT2D eigenvalue weighted by atomic mass is 10.0. The van der Waals surface area contributed by atoms with Gasteiger partial charge in [0.05, 0.1) is 0 Å². The lowest BCUT2D eigenvalue weighted by Crippen LogP contribution is -1.85. The van der Waals surface area contributed by atoms with Crippen LogP contribution >= 0.6 is 0 Å². The van der Waals surface area contributed by atoms with Crippen molar-refractivity contribution in [3.05, 3.63) is 0 Å². The second-order valence-electron chi connectivity index (χ2n) is 1.41. The van der Waals surface area contributed by atoms with Crippen LogP contribution in [0.2, 0.25) is 0 Å². The van der Waals surface area contributed by atoms with Gasteiger partial charge in [-0.25, -0.2) is 0 Å². The molecule has 0 amide bonds. The van der Waals surface area contributed by atoms with E-state index in [-0.39, 0.29) is 12.3 Å². The minimum absolute atomic E-state index is 0. The van der Waals surface area contributed by atoms with Gasteiger partial charge in [0.1, 0.15) is 0 Å². The SMILES string of the molecule is C1CCC1.N.N. The summed E-state index contributed by atoms with van der Waals surface area (Å²) >= 11 is 0. The molecule has 0 aromatic heterocycles. The molecule has 2 heteroatoms. The van der Waals surface area contributed by atoms with Crippen LogP contribution in [0.4, 0.5) is 0 Å². The van der Waals surface area contributed by atoms with Gasteiger partial charge in [-0.05, 0) is 0 Å². The van der Waals surface area contributed by atoms with Crippen LogP contribution in [-0.4, -0.2) is 0 Å². The Morgan fingerprint density at radius 2 is 0.667 bits per heavy atom. The van der Waals surface area contributed by atoms with Gasteiger partial charge in [0.25, 0.3) is 0 Å². The summed E-state index contributed by atoms with van der Waals surface area (Å²) in [6.45, 7) is 0. The van der Waals surface area contributed by atoms with Crippen molar-refractivity contribution in [3.8, 4) is 0 Å². The molecule has 0 unspecified atom stereocenters. The molecular weight excluding hydrogens is 76.1 g/mol. The van der Waals surface area contributed by atoms with Gasteiger partial charge >= 0.3 is 0 Å². The fourth-order valence-electron chi connectivity index (χ4n) is 0.250. The molecule has 40 valence electrons. The molecule has 1 aliphatic rings. The standard InChI is InChI=1S/C4H8.2H3N/c1-2-4-3-1;;/h1-4H2;2*1H3. The summed E-state index contributed by atoms with van der Waals surface area (Å²) in [6, 6.07) is 0. The average Bonchev–Trinajstić information content (AvgIpc) is 0.722. The molecule has 0 bridgehead atoms. The van der Waals surface area contributed by atoms with Crippen molar-refractivity contribution in [2.75, 3.05) is 0 Å². The van der Waals surface area contributed by atoms with E-state index < -0.39 is 0 Å². The van der Waals surface area contributed by atoms with Crippen LogP contribution < -0.4 is 12.3 Å². The number of rotatable bonds is 0. The molecule has 1 fully saturated rings. The van der Waals surface area contributed by atoms with Crippen molar-refractivity contribution in [1.82, 2.24) is 12.3 Å². The Labute approximate surface area is 39.1 Å². The van der Waals surface area contributed by atoms with Crippen LogP contribution in [0.5, 0.6) is 0 Å². The molecule has 6 heavy (non-hydrogen) atoms. The van der Waals surface area contributed by atoms with Gasteiger partial charge in [-0.3, -0.25) is 0 Å². The Morgan fingerprint density at radius 3 is 0.667 bits per heavy atom. The van der Waals surface area contributed by atoms with E-state index >= 15 is 0 Å². The highest BCUT2D eigenvalue weighted by molar-refractivity contribution is 4.50. The zero-order valence-electron chi connectivity index (χ0n) is 4.24. The zero-order valence-corrected chi connectivity index (χ0v) is 4.24. The van der Waals surface area contributed by atoms with Crippen LogP contribution in [0.1, 0.15) is 25.7 Å². The third-order valence-electron chi connectivity index (χ3n) is 1.000. The molecule has 1 saturated carbocycles. The maximum Gasteiger partial charge on any atom is -0.0533 e. The zero-order chi connectivity index (χ0) is 2.83. The van der Waals surface area contributed by atoms with Crippen LogP contribution in [0.25, 0.3) is 0 Å². The minimum atomic E-state index is 0. The smallest absolute Gasteiger partial charge is 0.0533 e. The topological polar surface area (TPSA) is 70.0 Å². The normalized spacial score (nSPS) is 16.0. The van der Waals surface area contributed by atoms with E-state index in [4.69, 9.17) is 0 Å². The molecule has 2 nitrogen and oxygen atoms in total. The van der Waals surface area contributed by atoms with E-state index in [1.807, 2.05) is 0 Å². The summed E-state index contributed by atoms with van der Waals surface area (Å²) in [5, 5.41) is 0. The van der Waals surface area contributed by atoms with Crippen molar-refractivity contribution >= 4 is 0 Å². The average molecular weight is 90.2 g/mol. The number of hydrogen-bond acceptors (Lipinski definition) is 2. The van der Waals surface area contributed by atoms with E-state index in [2.05, 4.69) is 0 Å². The minimum Gasteiger partial charge on any atom is -0.344 e. The molecule has 0 spiro atoms. The van der Waals surface area contributed by atoms with Crippen LogP contribution in [-0.2, 0) is 0 Å². The summed E-state index contributed by atoms with van der Waals surface area (Å²) in [6.07, 6.45) is 6.00. The van der Waals surface area contributed by atoms with Crippen LogP contribution in [0.15, 0.2) is 0 Å². The molecule has 1 rings (SSSR count). The van der Waals surface area contributed by atoms with E-state index in [9.17, 15) is 0 Å². The van der Waals surface area contributed by atoms with E-state index in [0.717, 1.165) is 0 Å². The Balaban J connectivity index is 0. The van der Waals surface area contributed by atoms with Crippen molar-refractivity contribution in [2.24, 2.45) is 0 Å². The van der Waals surface area contributed by atoms with Gasteiger partial charge in [0.15, 0.2) is 0 Å². The molecule has 0 atom stereocenters. The summed E-state index contributed by atoms with van der Waals surface area (Å²) in [5.74, 6) is 0. The Kier molecular flexibility index (Phi) is 7.65. The third kappa shape index (κ3) is 2.18. The van der Waals surface area contributed by atoms with Gasteiger partial charge in [0, 0.05) is 0 Å². The largest absolute Gasteiger partial charge is 0.344 e. The molecule has 6 N–H and O–H groups in total. The van der Waals surface area contributed by atoms with Gasteiger partial charge < -0.3 is 12.3 Å². The predicted octanol–water partition coefficient (Wildman–Crippen LogP) is 1.88. The molecular formula is C4H14N2. The summed E-state index contributed by atoms with van der Waals surface area (Å²) in [7, 11) is 0. The first kappa shape index (κ1) is 9.33. The highest BCUT2D eigenvalue weighted by Gasteiger charge is 1.95. The quantitative estimate of drug-likeness (QED) is 0.476. The molecule has 1 aliphatic carbocycles. The summed E-state index contributed by atoms with van der Waals surface area (Å²) in [4.78, 5) is 0. The highest BCUT2D eigenvalue weighted by atomic mass is 14.0. The molecule has 0 saturated heterocycles. The van der Waals surface area contributed by atoms with Crippen molar-refractivity contribution in [2.45, 2.75) is 25.7 Å². The van der Waals surface area contributed by atoms with Gasteiger partial charge in [-0.15, -0.1) is 0 Å². The first-order valence-corrected chi connectivity index (χ1v) is 2.00. The van der Waals surface area contributed by atoms with E-state index in [1.54, 1.807) is 0 Å². The second-order valence-corrected chi connectivity index (χ2v) is 1.41. The Hall–Kier alpha value is -0.0800. The maximum absolute atomic E-state index is 1.50. The van der Waals surface area contributed by atoms with Crippen LogP contribution in [0, 0.1) is 0 Å². The van der Waals surface area contributed by atoms with Crippen molar-refractivity contribution in [3.63, 3.8) is 0 Å². The van der Waals surface area contributed by atoms with E-state index in [1.165, 1.54) is 25.7 Å². The highest BCUT2D eigenvalue weighted by Crippen LogP contribution is 2.15. The Bertz CT molecular complexity index is 13.5. The van der Waals surface area contributed by atoms with E-state index in [0.29, 0.717) is 0 Å². The first-order valence-electron chi connectivity index (χ1n) is 2.00. The third-order valence-corrected chi connectivity index (χ3v) is 1.000. The number of hydrogen-bond donors (Lipinski definition) is 2. The first-order chi connectivity index (χ1) is 2.00.